The predicted octanol–water partition coefficient (Wildman–Crippen LogP) is 1.92. The number of carbonyl (C=O) groups excluding carboxylic acids is 1. The Kier molecular flexibility index (Phi) is 4.27. The first-order valence-electron chi connectivity index (χ1n) is 7.85. The largest absolute Gasteiger partial charge is 0.353 e. The molecule has 0 radical (unpaired) electrons. The standard InChI is InChI=1S/C16H21N5O2/c1-11(2)16-18-15(19-23-16)13-4-5-14(17-10-13)21-8-6-20(7-9-21)12(3)22/h4-5,10-11H,6-9H2,1-3H3. The molecule has 0 spiro atoms. The van der Waals surface area contributed by atoms with Crippen molar-refractivity contribution in [3.8, 4) is 11.4 Å². The Hall–Kier alpha value is -2.44. The number of hydrogen-bond donors (Lipinski definition) is 0. The summed E-state index contributed by atoms with van der Waals surface area (Å²) in [5, 5.41) is 4.00. The van der Waals surface area contributed by atoms with Crippen LogP contribution < -0.4 is 4.90 Å². The maximum atomic E-state index is 11.4. The van der Waals surface area contributed by atoms with E-state index in [0.717, 1.165) is 37.6 Å². The zero-order valence-corrected chi connectivity index (χ0v) is 13.7. The van der Waals surface area contributed by atoms with E-state index >= 15 is 0 Å². The first-order chi connectivity index (χ1) is 11.0. The van der Waals surface area contributed by atoms with Gasteiger partial charge in [-0.05, 0) is 12.1 Å². The van der Waals surface area contributed by atoms with Crippen LogP contribution in [0.5, 0.6) is 0 Å². The molecule has 2 aromatic rings. The normalized spacial score (nSPS) is 15.3. The topological polar surface area (TPSA) is 75.4 Å². The Morgan fingerprint density at radius 1 is 1.22 bits per heavy atom. The van der Waals surface area contributed by atoms with Gasteiger partial charge in [0.25, 0.3) is 0 Å². The zero-order valence-electron chi connectivity index (χ0n) is 13.7. The zero-order chi connectivity index (χ0) is 16.4. The SMILES string of the molecule is CC(=O)N1CCN(c2ccc(-c3noc(C(C)C)n3)cn2)CC1. The molecule has 1 aliphatic heterocycles. The fraction of sp³-hybridized carbons (Fsp3) is 0.500. The molecule has 1 saturated heterocycles. The van der Waals surface area contributed by atoms with Crippen molar-refractivity contribution in [2.24, 2.45) is 0 Å². The van der Waals surface area contributed by atoms with Crippen molar-refractivity contribution < 1.29 is 9.32 Å². The van der Waals surface area contributed by atoms with Crippen molar-refractivity contribution in [1.82, 2.24) is 20.0 Å². The van der Waals surface area contributed by atoms with E-state index < -0.39 is 0 Å². The van der Waals surface area contributed by atoms with E-state index in [0.29, 0.717) is 11.7 Å². The molecule has 1 amide bonds. The Morgan fingerprint density at radius 3 is 2.48 bits per heavy atom. The van der Waals surface area contributed by atoms with Crippen molar-refractivity contribution in [2.45, 2.75) is 26.7 Å². The molecule has 3 heterocycles. The van der Waals surface area contributed by atoms with Gasteiger partial charge >= 0.3 is 0 Å². The number of anilines is 1. The van der Waals surface area contributed by atoms with Gasteiger partial charge in [0.1, 0.15) is 5.82 Å². The maximum absolute atomic E-state index is 11.4. The van der Waals surface area contributed by atoms with Crippen molar-refractivity contribution in [3.63, 3.8) is 0 Å². The van der Waals surface area contributed by atoms with Crippen LogP contribution in [0, 0.1) is 0 Å². The first-order valence-corrected chi connectivity index (χ1v) is 7.85. The van der Waals surface area contributed by atoms with E-state index in [1.807, 2.05) is 30.9 Å². The summed E-state index contributed by atoms with van der Waals surface area (Å²) in [6.07, 6.45) is 1.77. The predicted molar refractivity (Wildman–Crippen MR) is 86.1 cm³/mol. The van der Waals surface area contributed by atoms with Gasteiger partial charge in [0, 0.05) is 50.8 Å². The third kappa shape index (κ3) is 3.33. The van der Waals surface area contributed by atoms with Crippen molar-refractivity contribution in [3.05, 3.63) is 24.2 Å². The molecule has 0 unspecified atom stereocenters. The van der Waals surface area contributed by atoms with Crippen LogP contribution in [0.1, 0.15) is 32.6 Å². The van der Waals surface area contributed by atoms with Crippen LogP contribution in [0.3, 0.4) is 0 Å². The molecule has 0 aromatic carbocycles. The molecular weight excluding hydrogens is 294 g/mol. The minimum absolute atomic E-state index is 0.131. The summed E-state index contributed by atoms with van der Waals surface area (Å²) in [6, 6.07) is 3.92. The monoisotopic (exact) mass is 315 g/mol. The molecule has 122 valence electrons. The molecule has 7 heteroatoms. The fourth-order valence-electron chi connectivity index (χ4n) is 2.54. The summed E-state index contributed by atoms with van der Waals surface area (Å²) in [7, 11) is 0. The lowest BCUT2D eigenvalue weighted by Crippen LogP contribution is -2.48. The van der Waals surface area contributed by atoms with Gasteiger partial charge in [0.05, 0.1) is 0 Å². The van der Waals surface area contributed by atoms with Crippen molar-refractivity contribution in [2.75, 3.05) is 31.1 Å². The lowest BCUT2D eigenvalue weighted by atomic mass is 10.2. The van der Waals surface area contributed by atoms with Gasteiger partial charge in [-0.25, -0.2) is 4.98 Å². The van der Waals surface area contributed by atoms with Crippen molar-refractivity contribution in [1.29, 1.82) is 0 Å². The molecular formula is C16H21N5O2. The third-order valence-corrected chi connectivity index (χ3v) is 3.99. The quantitative estimate of drug-likeness (QED) is 0.861. The molecule has 0 saturated carbocycles. The van der Waals surface area contributed by atoms with Crippen LogP contribution in [0.4, 0.5) is 5.82 Å². The summed E-state index contributed by atoms with van der Waals surface area (Å²) in [5.41, 5.74) is 0.840. The van der Waals surface area contributed by atoms with Crippen molar-refractivity contribution >= 4 is 11.7 Å². The molecule has 0 N–H and O–H groups in total. The summed E-state index contributed by atoms with van der Waals surface area (Å²) in [6.45, 7) is 8.71. The van der Waals surface area contributed by atoms with E-state index in [1.54, 1.807) is 13.1 Å². The molecule has 0 atom stereocenters. The van der Waals surface area contributed by atoms with Crippen LogP contribution >= 0.6 is 0 Å². The lowest BCUT2D eigenvalue weighted by molar-refractivity contribution is -0.129. The maximum Gasteiger partial charge on any atom is 0.229 e. The fourth-order valence-corrected chi connectivity index (χ4v) is 2.54. The van der Waals surface area contributed by atoms with E-state index in [1.165, 1.54) is 0 Å². The number of amides is 1. The van der Waals surface area contributed by atoms with E-state index in [-0.39, 0.29) is 11.8 Å². The average molecular weight is 315 g/mol. The number of piperazine rings is 1. The van der Waals surface area contributed by atoms with Gasteiger partial charge in [-0.1, -0.05) is 19.0 Å². The van der Waals surface area contributed by atoms with Crippen LogP contribution in [-0.4, -0.2) is 52.1 Å². The molecule has 0 bridgehead atoms. The Balaban J connectivity index is 1.68. The molecule has 2 aromatic heterocycles. The Morgan fingerprint density at radius 2 is 1.96 bits per heavy atom. The van der Waals surface area contributed by atoms with Crippen LogP contribution in [0.2, 0.25) is 0 Å². The first kappa shape index (κ1) is 15.5. The van der Waals surface area contributed by atoms with Crippen LogP contribution in [0.15, 0.2) is 22.9 Å². The van der Waals surface area contributed by atoms with Gasteiger partial charge in [0.15, 0.2) is 0 Å². The number of rotatable bonds is 3. The molecule has 0 aliphatic carbocycles. The summed E-state index contributed by atoms with van der Waals surface area (Å²) < 4.78 is 5.22. The highest BCUT2D eigenvalue weighted by atomic mass is 16.5. The van der Waals surface area contributed by atoms with E-state index in [9.17, 15) is 4.79 Å². The summed E-state index contributed by atoms with van der Waals surface area (Å²) >= 11 is 0. The summed E-state index contributed by atoms with van der Waals surface area (Å²) in [5.74, 6) is 2.44. The Labute approximate surface area is 135 Å². The second-order valence-electron chi connectivity index (χ2n) is 6.01. The number of hydrogen-bond acceptors (Lipinski definition) is 6. The van der Waals surface area contributed by atoms with E-state index in [4.69, 9.17) is 4.52 Å². The third-order valence-electron chi connectivity index (χ3n) is 3.99. The minimum atomic E-state index is 0.131. The van der Waals surface area contributed by atoms with Gasteiger partial charge < -0.3 is 14.3 Å². The van der Waals surface area contributed by atoms with Gasteiger partial charge in [-0.2, -0.15) is 4.98 Å². The summed E-state index contributed by atoms with van der Waals surface area (Å²) in [4.78, 5) is 24.3. The molecule has 23 heavy (non-hydrogen) atoms. The smallest absolute Gasteiger partial charge is 0.229 e. The molecule has 3 rings (SSSR count). The molecule has 1 fully saturated rings. The minimum Gasteiger partial charge on any atom is -0.353 e. The van der Waals surface area contributed by atoms with Gasteiger partial charge in [0.2, 0.25) is 17.6 Å². The van der Waals surface area contributed by atoms with Crippen LogP contribution in [0.25, 0.3) is 11.4 Å². The second kappa shape index (κ2) is 6.36. The van der Waals surface area contributed by atoms with E-state index in [2.05, 4.69) is 20.0 Å². The highest BCUT2D eigenvalue weighted by molar-refractivity contribution is 5.73. The number of nitrogens with zero attached hydrogens (tertiary/aromatic N) is 5. The Bertz CT molecular complexity index is 672. The second-order valence-corrected chi connectivity index (χ2v) is 6.01. The number of pyridine rings is 1. The highest BCUT2D eigenvalue weighted by Gasteiger charge is 2.19. The number of carbonyl (C=O) groups is 1. The van der Waals surface area contributed by atoms with Gasteiger partial charge in [-0.3, -0.25) is 4.79 Å². The average Bonchev–Trinajstić information content (AvgIpc) is 3.05. The molecule has 7 nitrogen and oxygen atoms in total. The van der Waals surface area contributed by atoms with Gasteiger partial charge in [-0.15, -0.1) is 0 Å². The lowest BCUT2D eigenvalue weighted by Gasteiger charge is -2.34. The number of aromatic nitrogens is 3. The molecule has 1 aliphatic rings. The van der Waals surface area contributed by atoms with Crippen LogP contribution in [-0.2, 0) is 4.79 Å². The highest BCUT2D eigenvalue weighted by Crippen LogP contribution is 2.21.